The number of hydrogen-bond donors (Lipinski definition) is 1. The van der Waals surface area contributed by atoms with E-state index < -0.39 is 7.25 Å². The number of halogens is 4. The summed E-state index contributed by atoms with van der Waals surface area (Å²) < 4.78 is 39.0. The van der Waals surface area contributed by atoms with E-state index in [2.05, 4.69) is 0 Å². The molecule has 0 rings (SSSR count). The van der Waals surface area contributed by atoms with Crippen LogP contribution in [-0.4, -0.2) is 58.6 Å². The quantitative estimate of drug-likeness (QED) is 0.396. The Morgan fingerprint density at radius 2 is 0.857 bits per heavy atom. The number of rotatable bonds is 0. The molecule has 0 aromatic heterocycles. The molecule has 0 spiro atoms. The van der Waals surface area contributed by atoms with Gasteiger partial charge in [0.25, 0.3) is 0 Å². The SMILES string of the molecule is F[B-](F)(F)F.N.[KH]. The Morgan fingerprint density at radius 1 is 0.857 bits per heavy atom. The fourth-order valence-electron chi connectivity index (χ4n) is 0. The zero-order chi connectivity index (χ0) is 4.50. The molecule has 0 fully saturated rings. The van der Waals surface area contributed by atoms with Crippen molar-refractivity contribution in [3.05, 3.63) is 0 Å². The van der Waals surface area contributed by atoms with Crippen molar-refractivity contribution < 1.29 is 17.3 Å². The van der Waals surface area contributed by atoms with Crippen molar-refractivity contribution in [1.82, 2.24) is 6.15 Å². The fraction of sp³-hybridized carbons (Fsp3) is 0. The minimum atomic E-state index is -6.00. The van der Waals surface area contributed by atoms with Crippen molar-refractivity contribution in [3.8, 4) is 0 Å². The molecular weight excluding hydrogens is 140 g/mol. The molecule has 0 saturated carbocycles. The van der Waals surface area contributed by atoms with E-state index in [0.29, 0.717) is 0 Å². The molecule has 0 heterocycles. The molecule has 0 bridgehead atoms. The van der Waals surface area contributed by atoms with Crippen LogP contribution in [0.4, 0.5) is 17.3 Å². The summed E-state index contributed by atoms with van der Waals surface area (Å²) in [6, 6.07) is 0. The van der Waals surface area contributed by atoms with Gasteiger partial charge in [-0.1, -0.05) is 0 Å². The van der Waals surface area contributed by atoms with Gasteiger partial charge in [-0.25, -0.2) is 0 Å². The van der Waals surface area contributed by atoms with Crippen LogP contribution in [0.25, 0.3) is 0 Å². The summed E-state index contributed by atoms with van der Waals surface area (Å²) in [5.41, 5.74) is 0. The molecule has 7 heteroatoms. The van der Waals surface area contributed by atoms with Gasteiger partial charge in [-0.3, -0.25) is 0 Å². The van der Waals surface area contributed by atoms with Crippen LogP contribution in [0.5, 0.6) is 0 Å². The molecule has 42 valence electrons. The van der Waals surface area contributed by atoms with Gasteiger partial charge in [0.05, 0.1) is 0 Å². The Hall–Kier alpha value is 1.38. The van der Waals surface area contributed by atoms with Crippen molar-refractivity contribution in [2.24, 2.45) is 0 Å². The van der Waals surface area contributed by atoms with Crippen LogP contribution in [0.3, 0.4) is 0 Å². The third-order valence-electron chi connectivity index (χ3n) is 0. The first kappa shape index (κ1) is 15.8. The summed E-state index contributed by atoms with van der Waals surface area (Å²) in [6.07, 6.45) is 0. The van der Waals surface area contributed by atoms with Gasteiger partial charge in [-0.05, 0) is 0 Å². The summed E-state index contributed by atoms with van der Waals surface area (Å²) in [7, 11) is -6.00. The average molecular weight is 144 g/mol. The first-order chi connectivity index (χ1) is 2.00. The van der Waals surface area contributed by atoms with E-state index in [9.17, 15) is 17.3 Å². The maximum absolute atomic E-state index is 9.75. The van der Waals surface area contributed by atoms with Crippen molar-refractivity contribution >= 4 is 58.6 Å². The summed E-state index contributed by atoms with van der Waals surface area (Å²) in [5.74, 6) is 0. The Bertz CT molecular complexity index is 27.2. The van der Waals surface area contributed by atoms with Gasteiger partial charge in [0.2, 0.25) is 0 Å². The van der Waals surface area contributed by atoms with E-state index in [1.807, 2.05) is 0 Å². The molecule has 0 aliphatic rings. The van der Waals surface area contributed by atoms with E-state index in [0.717, 1.165) is 0 Å². The normalized spacial score (nSPS) is 8.57. The molecule has 0 aliphatic heterocycles. The van der Waals surface area contributed by atoms with Gasteiger partial charge in [-0.2, -0.15) is 0 Å². The Morgan fingerprint density at radius 3 is 0.857 bits per heavy atom. The van der Waals surface area contributed by atoms with Gasteiger partial charge >= 0.3 is 58.6 Å². The second kappa shape index (κ2) is 5.52. The molecule has 7 heavy (non-hydrogen) atoms. The van der Waals surface area contributed by atoms with Gasteiger partial charge in [0.1, 0.15) is 0 Å². The molecule has 0 amide bonds. The summed E-state index contributed by atoms with van der Waals surface area (Å²) in [5, 5.41) is 0. The Kier molecular flexibility index (Phi) is 12.4. The van der Waals surface area contributed by atoms with Crippen molar-refractivity contribution in [3.63, 3.8) is 0 Å². The predicted octanol–water partition coefficient (Wildman–Crippen LogP) is 0.813. The zero-order valence-corrected chi connectivity index (χ0v) is 2.80. The van der Waals surface area contributed by atoms with Gasteiger partial charge < -0.3 is 23.4 Å². The van der Waals surface area contributed by atoms with Crippen molar-refractivity contribution in [2.45, 2.75) is 0 Å². The standard InChI is InChI=1S/BF4.K.H3N.H/c2-1(3,4)5;;;/h;;1H3;/q-1;;;. The van der Waals surface area contributed by atoms with Gasteiger partial charge in [0, 0.05) is 0 Å². The second-order valence-corrected chi connectivity index (χ2v) is 0.495. The Labute approximate surface area is 80.9 Å². The van der Waals surface area contributed by atoms with Crippen molar-refractivity contribution in [2.75, 3.05) is 0 Å². The van der Waals surface area contributed by atoms with E-state index in [1.54, 1.807) is 0 Å². The summed E-state index contributed by atoms with van der Waals surface area (Å²) in [4.78, 5) is 0. The molecule has 3 N–H and O–H groups in total. The van der Waals surface area contributed by atoms with Crippen LogP contribution in [0.1, 0.15) is 0 Å². The molecule has 0 unspecified atom stereocenters. The van der Waals surface area contributed by atoms with Crippen LogP contribution in [-0.2, 0) is 0 Å². The molecule has 0 saturated heterocycles. The summed E-state index contributed by atoms with van der Waals surface area (Å²) >= 11 is 0. The van der Waals surface area contributed by atoms with Crippen LogP contribution in [0, 0.1) is 0 Å². The third-order valence-corrected chi connectivity index (χ3v) is 0. The molecule has 0 radical (unpaired) electrons. The minimum absolute atomic E-state index is 0. The van der Waals surface area contributed by atoms with Crippen LogP contribution in [0.2, 0.25) is 0 Å². The summed E-state index contributed by atoms with van der Waals surface area (Å²) in [6.45, 7) is 0. The molecule has 0 aliphatic carbocycles. The molecule has 0 aromatic carbocycles. The Balaban J connectivity index is -0.0000000800. The monoisotopic (exact) mass is 144 g/mol. The topological polar surface area (TPSA) is 35.0 Å². The van der Waals surface area contributed by atoms with E-state index in [-0.39, 0.29) is 57.5 Å². The molecule has 1 nitrogen and oxygen atoms in total. The van der Waals surface area contributed by atoms with Crippen molar-refractivity contribution in [1.29, 1.82) is 0 Å². The first-order valence-corrected chi connectivity index (χ1v) is 0.873. The molecule has 0 aromatic rings. The third kappa shape index (κ3) is 112. The second-order valence-electron chi connectivity index (χ2n) is 0.495. The fourth-order valence-corrected chi connectivity index (χ4v) is 0. The first-order valence-electron chi connectivity index (χ1n) is 0.873. The van der Waals surface area contributed by atoms with E-state index in [1.165, 1.54) is 0 Å². The van der Waals surface area contributed by atoms with Gasteiger partial charge in [0.15, 0.2) is 0 Å². The van der Waals surface area contributed by atoms with Crippen LogP contribution in [0.15, 0.2) is 0 Å². The van der Waals surface area contributed by atoms with Crippen LogP contribution >= 0.6 is 0 Å². The molecule has 0 atom stereocenters. The zero-order valence-electron chi connectivity index (χ0n) is 2.80. The van der Waals surface area contributed by atoms with E-state index >= 15 is 0 Å². The van der Waals surface area contributed by atoms with Gasteiger partial charge in [-0.15, -0.1) is 0 Å². The predicted molar refractivity (Wildman–Crippen MR) is 22.4 cm³/mol. The maximum atomic E-state index is 9.75. The number of hydrogen-bond acceptors (Lipinski definition) is 1. The molecular formula is H4BF4KN-. The van der Waals surface area contributed by atoms with Crippen LogP contribution < -0.4 is 6.15 Å². The average Bonchev–Trinajstić information content (AvgIpc) is 0.722. The van der Waals surface area contributed by atoms with E-state index in [4.69, 9.17) is 0 Å².